The van der Waals surface area contributed by atoms with Gasteiger partial charge < -0.3 is 0 Å². The van der Waals surface area contributed by atoms with Crippen molar-refractivity contribution in [2.24, 2.45) is 0 Å². The lowest BCUT2D eigenvalue weighted by atomic mass is 10.8. The third-order valence-electron chi connectivity index (χ3n) is 0.819. The highest BCUT2D eigenvalue weighted by atomic mass is 32.2. The minimum atomic E-state index is -3.30. The predicted octanol–water partition coefficient (Wildman–Crippen LogP) is -0.187. The normalized spacial score (nSPS) is 10.9. The van der Waals surface area contributed by atoms with Gasteiger partial charge in [0, 0.05) is 6.26 Å². The molecule has 11 heavy (non-hydrogen) atoms. The van der Waals surface area contributed by atoms with Gasteiger partial charge in [0.25, 0.3) is 0 Å². The summed E-state index contributed by atoms with van der Waals surface area (Å²) in [6, 6.07) is 1.70. The zero-order valence-electron chi connectivity index (χ0n) is 5.47. The van der Waals surface area contributed by atoms with Crippen molar-refractivity contribution in [2.75, 3.05) is 6.26 Å². The van der Waals surface area contributed by atoms with Crippen molar-refractivity contribution in [1.29, 1.82) is 5.26 Å². The number of sulfone groups is 1. The van der Waals surface area contributed by atoms with Gasteiger partial charge in [-0.15, -0.1) is 10.2 Å². The zero-order valence-corrected chi connectivity index (χ0v) is 7.11. The number of aromatic nitrogens is 2. The first-order valence-electron chi connectivity index (χ1n) is 2.47. The van der Waals surface area contributed by atoms with E-state index in [4.69, 9.17) is 5.26 Å². The monoisotopic (exact) mass is 189 g/mol. The van der Waals surface area contributed by atoms with Gasteiger partial charge in [-0.05, 0) is 0 Å². The summed E-state index contributed by atoms with van der Waals surface area (Å²) in [5.74, 6) is 0. The number of hydrogen-bond donors (Lipinski definition) is 0. The molecular formula is C4H3N3O2S2. The Morgan fingerprint density at radius 3 is 2.45 bits per heavy atom. The molecule has 0 unspecified atom stereocenters. The van der Waals surface area contributed by atoms with Gasteiger partial charge in [0.1, 0.15) is 6.07 Å². The molecule has 0 aromatic carbocycles. The van der Waals surface area contributed by atoms with Crippen LogP contribution in [0.1, 0.15) is 5.01 Å². The second-order valence-corrected chi connectivity index (χ2v) is 4.92. The third-order valence-corrected chi connectivity index (χ3v) is 3.32. The molecule has 0 spiro atoms. The first-order chi connectivity index (χ1) is 5.04. The van der Waals surface area contributed by atoms with E-state index in [9.17, 15) is 8.42 Å². The molecule has 0 saturated carbocycles. The summed E-state index contributed by atoms with van der Waals surface area (Å²) >= 11 is 0.769. The molecule has 58 valence electrons. The maximum atomic E-state index is 10.8. The smallest absolute Gasteiger partial charge is 0.221 e. The van der Waals surface area contributed by atoms with Crippen LogP contribution in [-0.4, -0.2) is 24.9 Å². The van der Waals surface area contributed by atoms with Crippen molar-refractivity contribution < 1.29 is 8.42 Å². The Kier molecular flexibility index (Phi) is 1.89. The van der Waals surface area contributed by atoms with Gasteiger partial charge in [0.2, 0.25) is 19.2 Å². The Balaban J connectivity index is 3.22. The van der Waals surface area contributed by atoms with Gasteiger partial charge in [-0.1, -0.05) is 11.3 Å². The average Bonchev–Trinajstić information content (AvgIpc) is 2.32. The molecular weight excluding hydrogens is 186 g/mol. The molecule has 0 saturated heterocycles. The van der Waals surface area contributed by atoms with E-state index in [1.807, 2.05) is 0 Å². The Hall–Kier alpha value is -1.00. The number of nitriles is 1. The second kappa shape index (κ2) is 2.56. The second-order valence-electron chi connectivity index (χ2n) is 1.76. The third kappa shape index (κ3) is 1.72. The molecule has 5 nitrogen and oxygen atoms in total. The minimum absolute atomic E-state index is 0.0606. The molecule has 7 heteroatoms. The zero-order chi connectivity index (χ0) is 8.48. The van der Waals surface area contributed by atoms with E-state index < -0.39 is 9.84 Å². The van der Waals surface area contributed by atoms with Crippen LogP contribution in [0, 0.1) is 11.3 Å². The lowest BCUT2D eigenvalue weighted by Gasteiger charge is -1.83. The maximum absolute atomic E-state index is 10.8. The average molecular weight is 189 g/mol. The number of hydrogen-bond acceptors (Lipinski definition) is 6. The standard InChI is InChI=1S/C4H3N3O2S2/c1-11(8,9)4-7-6-3(2-5)10-4/h1H3. The quantitative estimate of drug-likeness (QED) is 0.611. The van der Waals surface area contributed by atoms with E-state index >= 15 is 0 Å². The fraction of sp³-hybridized carbons (Fsp3) is 0.250. The molecule has 0 aliphatic rings. The van der Waals surface area contributed by atoms with Crippen LogP contribution >= 0.6 is 11.3 Å². The summed E-state index contributed by atoms with van der Waals surface area (Å²) in [6.45, 7) is 0. The molecule has 0 fully saturated rings. The first-order valence-corrected chi connectivity index (χ1v) is 5.18. The topological polar surface area (TPSA) is 83.7 Å². The van der Waals surface area contributed by atoms with Crippen LogP contribution in [0.25, 0.3) is 0 Å². The summed E-state index contributed by atoms with van der Waals surface area (Å²) < 4.78 is 21.4. The lowest BCUT2D eigenvalue weighted by molar-refractivity contribution is 0.600. The van der Waals surface area contributed by atoms with E-state index in [0.29, 0.717) is 0 Å². The largest absolute Gasteiger partial charge is 0.233 e. The van der Waals surface area contributed by atoms with Crippen molar-refractivity contribution in [3.8, 4) is 6.07 Å². The van der Waals surface area contributed by atoms with Crippen molar-refractivity contribution >= 4 is 21.2 Å². The highest BCUT2D eigenvalue weighted by Gasteiger charge is 2.13. The highest BCUT2D eigenvalue weighted by molar-refractivity contribution is 7.92. The molecule has 0 amide bonds. The van der Waals surface area contributed by atoms with Crippen LogP contribution in [0.15, 0.2) is 4.34 Å². The molecule has 0 N–H and O–H groups in total. The highest BCUT2D eigenvalue weighted by Crippen LogP contribution is 2.13. The number of rotatable bonds is 1. The molecule has 0 radical (unpaired) electrons. The van der Waals surface area contributed by atoms with Gasteiger partial charge in [-0.2, -0.15) is 5.26 Å². The molecule has 0 aliphatic heterocycles. The molecule has 1 aromatic heterocycles. The van der Waals surface area contributed by atoms with Crippen molar-refractivity contribution in [1.82, 2.24) is 10.2 Å². The molecule has 0 bridgehead atoms. The van der Waals surface area contributed by atoms with Crippen molar-refractivity contribution in [3.63, 3.8) is 0 Å². The van der Waals surface area contributed by atoms with E-state index in [1.54, 1.807) is 6.07 Å². The maximum Gasteiger partial charge on any atom is 0.233 e. The molecule has 1 rings (SSSR count). The Morgan fingerprint density at radius 1 is 1.55 bits per heavy atom. The number of nitrogens with zero attached hydrogens (tertiary/aromatic N) is 3. The van der Waals surface area contributed by atoms with Gasteiger partial charge in [0.15, 0.2) is 0 Å². The van der Waals surface area contributed by atoms with E-state index in [1.165, 1.54) is 0 Å². The fourth-order valence-corrected chi connectivity index (χ4v) is 1.81. The molecule has 1 heterocycles. The van der Waals surface area contributed by atoms with Crippen LogP contribution in [0.5, 0.6) is 0 Å². The summed E-state index contributed by atoms with van der Waals surface area (Å²) in [7, 11) is -3.30. The van der Waals surface area contributed by atoms with Gasteiger partial charge in [-0.3, -0.25) is 0 Å². The van der Waals surface area contributed by atoms with Crippen LogP contribution in [0.3, 0.4) is 0 Å². The van der Waals surface area contributed by atoms with Gasteiger partial charge >= 0.3 is 0 Å². The van der Waals surface area contributed by atoms with Crippen LogP contribution in [0.4, 0.5) is 0 Å². The Labute approximate surface area is 67.2 Å². The Morgan fingerprint density at radius 2 is 2.18 bits per heavy atom. The SMILES string of the molecule is CS(=O)(=O)c1nnc(C#N)s1. The molecule has 0 aliphatic carbocycles. The molecule has 1 aromatic rings. The van der Waals surface area contributed by atoms with E-state index in [0.717, 1.165) is 17.6 Å². The summed E-state index contributed by atoms with van der Waals surface area (Å²) in [5, 5.41) is 15.0. The first kappa shape index (κ1) is 8.10. The van der Waals surface area contributed by atoms with Gasteiger partial charge in [-0.25, -0.2) is 8.42 Å². The summed E-state index contributed by atoms with van der Waals surface area (Å²) in [5.41, 5.74) is 0. The summed E-state index contributed by atoms with van der Waals surface area (Å²) in [6.07, 6.45) is 1.02. The van der Waals surface area contributed by atoms with E-state index in [-0.39, 0.29) is 9.35 Å². The van der Waals surface area contributed by atoms with Crippen LogP contribution < -0.4 is 0 Å². The van der Waals surface area contributed by atoms with Gasteiger partial charge in [0.05, 0.1) is 0 Å². The fourth-order valence-electron chi connectivity index (χ4n) is 0.405. The van der Waals surface area contributed by atoms with Crippen LogP contribution in [0.2, 0.25) is 0 Å². The van der Waals surface area contributed by atoms with Crippen LogP contribution in [-0.2, 0) is 9.84 Å². The predicted molar refractivity (Wildman–Crippen MR) is 37.7 cm³/mol. The molecule has 0 atom stereocenters. The van der Waals surface area contributed by atoms with E-state index in [2.05, 4.69) is 10.2 Å². The van der Waals surface area contributed by atoms with Crippen molar-refractivity contribution in [2.45, 2.75) is 4.34 Å². The summed E-state index contributed by atoms with van der Waals surface area (Å²) in [4.78, 5) is 0. The minimum Gasteiger partial charge on any atom is -0.221 e. The van der Waals surface area contributed by atoms with Crippen molar-refractivity contribution in [3.05, 3.63) is 5.01 Å². The lowest BCUT2D eigenvalue weighted by Crippen LogP contribution is -1.95. The Bertz CT molecular complexity index is 399.